The Morgan fingerprint density at radius 1 is 1.33 bits per heavy atom. The maximum atomic E-state index is 12.0. The molecule has 1 aliphatic heterocycles. The summed E-state index contributed by atoms with van der Waals surface area (Å²) >= 11 is 5.88. The van der Waals surface area contributed by atoms with Gasteiger partial charge in [0.1, 0.15) is 0 Å². The highest BCUT2D eigenvalue weighted by atomic mass is 35.5. The van der Waals surface area contributed by atoms with Crippen molar-refractivity contribution in [3.05, 3.63) is 17.7 Å². The van der Waals surface area contributed by atoms with Crippen LogP contribution in [0.1, 0.15) is 18.4 Å². The minimum atomic E-state index is 0.0360. The number of ether oxygens (including phenoxy) is 2. The van der Waals surface area contributed by atoms with Gasteiger partial charge in [-0.25, -0.2) is 0 Å². The first kappa shape index (κ1) is 11.7. The summed E-state index contributed by atoms with van der Waals surface area (Å²) in [5, 5.41) is 3.08. The first-order valence-corrected chi connectivity index (χ1v) is 6.42. The molecule has 1 amide bonds. The molecule has 5 heteroatoms. The Labute approximate surface area is 110 Å². The second kappa shape index (κ2) is 4.35. The van der Waals surface area contributed by atoms with Crippen molar-refractivity contribution in [1.82, 2.24) is 0 Å². The maximum Gasteiger partial charge on any atom is 0.231 e. The molecule has 0 bridgehead atoms. The van der Waals surface area contributed by atoms with E-state index in [9.17, 15) is 4.79 Å². The molecule has 4 nitrogen and oxygen atoms in total. The Hall–Kier alpha value is -1.42. The molecule has 1 heterocycles. The number of nitrogens with one attached hydrogen (secondary N) is 1. The summed E-state index contributed by atoms with van der Waals surface area (Å²) in [5.41, 5.74) is 1.75. The number of alkyl halides is 1. The third-order valence-electron chi connectivity index (χ3n) is 3.43. The predicted molar refractivity (Wildman–Crippen MR) is 68.3 cm³/mol. The predicted octanol–water partition coefficient (Wildman–Crippen LogP) is 2.68. The van der Waals surface area contributed by atoms with Gasteiger partial charge in [0.25, 0.3) is 0 Å². The van der Waals surface area contributed by atoms with Gasteiger partial charge in [-0.15, -0.1) is 11.6 Å². The summed E-state index contributed by atoms with van der Waals surface area (Å²) in [6.45, 7) is 2.17. The lowest BCUT2D eigenvalue weighted by Gasteiger charge is -2.29. The molecule has 2 aliphatic rings. The van der Waals surface area contributed by atoms with Crippen molar-refractivity contribution in [2.75, 3.05) is 12.1 Å². The van der Waals surface area contributed by atoms with Crippen molar-refractivity contribution in [2.45, 2.75) is 25.1 Å². The van der Waals surface area contributed by atoms with Crippen LogP contribution in [-0.2, 0) is 4.79 Å². The molecule has 96 valence electrons. The van der Waals surface area contributed by atoms with E-state index in [1.54, 1.807) is 0 Å². The zero-order valence-corrected chi connectivity index (χ0v) is 10.8. The molecule has 1 aliphatic carbocycles. The maximum absolute atomic E-state index is 12.0. The Morgan fingerprint density at radius 2 is 2.00 bits per heavy atom. The Bertz CT molecular complexity index is 497. The fourth-order valence-electron chi connectivity index (χ4n) is 2.18. The second-order valence-corrected chi connectivity index (χ2v) is 5.39. The molecular weight excluding hydrogens is 254 g/mol. The normalized spacial score (nSPS) is 24.6. The molecule has 0 radical (unpaired) electrons. The number of rotatable bonds is 2. The van der Waals surface area contributed by atoms with Crippen molar-refractivity contribution in [1.29, 1.82) is 0 Å². The van der Waals surface area contributed by atoms with Crippen LogP contribution in [0.3, 0.4) is 0 Å². The number of benzene rings is 1. The van der Waals surface area contributed by atoms with E-state index >= 15 is 0 Å². The van der Waals surface area contributed by atoms with E-state index in [1.807, 2.05) is 19.1 Å². The molecule has 3 rings (SSSR count). The lowest BCUT2D eigenvalue weighted by atomic mass is 9.84. The minimum Gasteiger partial charge on any atom is -0.454 e. The van der Waals surface area contributed by atoms with E-state index in [2.05, 4.69) is 5.32 Å². The van der Waals surface area contributed by atoms with Crippen LogP contribution < -0.4 is 14.8 Å². The fourth-order valence-corrected chi connectivity index (χ4v) is 2.61. The van der Waals surface area contributed by atoms with Crippen molar-refractivity contribution >= 4 is 23.2 Å². The van der Waals surface area contributed by atoms with Crippen LogP contribution in [-0.4, -0.2) is 18.1 Å². The number of fused-ring (bicyclic) bond motifs is 1. The lowest BCUT2D eigenvalue weighted by Crippen LogP contribution is -2.35. The lowest BCUT2D eigenvalue weighted by molar-refractivity contribution is -0.122. The Morgan fingerprint density at radius 3 is 2.67 bits per heavy atom. The smallest absolute Gasteiger partial charge is 0.231 e. The number of carbonyl (C=O) groups excluding carboxylic acids is 1. The average Bonchev–Trinajstić information content (AvgIpc) is 2.72. The van der Waals surface area contributed by atoms with Gasteiger partial charge in [-0.2, -0.15) is 0 Å². The van der Waals surface area contributed by atoms with Crippen molar-refractivity contribution in [3.8, 4) is 11.5 Å². The molecule has 0 spiro atoms. The number of anilines is 1. The molecular formula is C13H14ClNO3. The van der Waals surface area contributed by atoms with Crippen molar-refractivity contribution in [2.24, 2.45) is 5.92 Å². The van der Waals surface area contributed by atoms with Gasteiger partial charge < -0.3 is 14.8 Å². The summed E-state index contributed by atoms with van der Waals surface area (Å²) < 4.78 is 10.6. The molecule has 0 saturated heterocycles. The third-order valence-corrected chi connectivity index (χ3v) is 3.79. The summed E-state index contributed by atoms with van der Waals surface area (Å²) in [4.78, 5) is 12.0. The van der Waals surface area contributed by atoms with Gasteiger partial charge in [-0.3, -0.25) is 4.79 Å². The standard InChI is InChI=1S/C13H14ClNO3/c1-7-2-11-12(18-6-17-11)5-10(7)15-13(16)8-3-9(14)4-8/h2,5,8-9H,3-4,6H2,1H3,(H,15,16). The number of carbonyl (C=O) groups is 1. The van der Waals surface area contributed by atoms with Gasteiger partial charge in [0.05, 0.1) is 0 Å². The Balaban J connectivity index is 1.74. The number of hydrogen-bond donors (Lipinski definition) is 1. The van der Waals surface area contributed by atoms with Crippen LogP contribution in [0.5, 0.6) is 11.5 Å². The van der Waals surface area contributed by atoms with Crippen LogP contribution >= 0.6 is 11.6 Å². The third kappa shape index (κ3) is 2.01. The summed E-state index contributed by atoms with van der Waals surface area (Å²) in [5.74, 6) is 1.49. The van der Waals surface area contributed by atoms with Crippen molar-refractivity contribution < 1.29 is 14.3 Å². The quantitative estimate of drug-likeness (QED) is 0.838. The molecule has 1 N–H and O–H groups in total. The fraction of sp³-hybridized carbons (Fsp3) is 0.462. The number of aryl methyl sites for hydroxylation is 1. The van der Waals surface area contributed by atoms with Crippen molar-refractivity contribution in [3.63, 3.8) is 0 Å². The highest BCUT2D eigenvalue weighted by Gasteiger charge is 2.33. The molecule has 0 unspecified atom stereocenters. The Kier molecular flexibility index (Phi) is 2.82. The molecule has 1 aromatic rings. The van der Waals surface area contributed by atoms with Gasteiger partial charge in [-0.1, -0.05) is 0 Å². The molecule has 0 atom stereocenters. The molecule has 18 heavy (non-hydrogen) atoms. The first-order valence-electron chi connectivity index (χ1n) is 5.98. The summed E-state index contributed by atoms with van der Waals surface area (Å²) in [6.07, 6.45) is 1.52. The number of amides is 1. The first-order chi connectivity index (χ1) is 8.63. The van der Waals surface area contributed by atoms with Gasteiger partial charge in [0.2, 0.25) is 12.7 Å². The topological polar surface area (TPSA) is 47.6 Å². The van der Waals surface area contributed by atoms with E-state index in [0.717, 1.165) is 29.8 Å². The van der Waals surface area contributed by atoms with Crippen LogP contribution in [0.4, 0.5) is 5.69 Å². The molecule has 1 aromatic carbocycles. The largest absolute Gasteiger partial charge is 0.454 e. The van der Waals surface area contributed by atoms with Crippen LogP contribution in [0.15, 0.2) is 12.1 Å². The van der Waals surface area contributed by atoms with Gasteiger partial charge >= 0.3 is 0 Å². The molecule has 1 fully saturated rings. The molecule has 1 saturated carbocycles. The SMILES string of the molecule is Cc1cc2c(cc1NC(=O)C1CC(Cl)C1)OCO2. The highest BCUT2D eigenvalue weighted by Crippen LogP contribution is 2.38. The minimum absolute atomic E-state index is 0.0360. The van der Waals surface area contributed by atoms with Crippen LogP contribution in [0.2, 0.25) is 0 Å². The average molecular weight is 268 g/mol. The van der Waals surface area contributed by atoms with E-state index in [0.29, 0.717) is 5.75 Å². The van der Waals surface area contributed by atoms with Crippen LogP contribution in [0.25, 0.3) is 0 Å². The number of halogens is 1. The van der Waals surface area contributed by atoms with E-state index in [-0.39, 0.29) is 24.0 Å². The van der Waals surface area contributed by atoms with E-state index in [4.69, 9.17) is 21.1 Å². The zero-order chi connectivity index (χ0) is 12.7. The number of hydrogen-bond acceptors (Lipinski definition) is 3. The second-order valence-electron chi connectivity index (χ2n) is 4.78. The monoisotopic (exact) mass is 267 g/mol. The zero-order valence-electron chi connectivity index (χ0n) is 10.0. The van der Waals surface area contributed by atoms with E-state index in [1.165, 1.54) is 0 Å². The molecule has 0 aromatic heterocycles. The highest BCUT2D eigenvalue weighted by molar-refractivity contribution is 6.21. The van der Waals surface area contributed by atoms with Gasteiger partial charge in [0, 0.05) is 23.0 Å². The van der Waals surface area contributed by atoms with Gasteiger partial charge in [-0.05, 0) is 31.4 Å². The summed E-state index contributed by atoms with van der Waals surface area (Å²) in [7, 11) is 0. The van der Waals surface area contributed by atoms with E-state index < -0.39 is 0 Å². The van der Waals surface area contributed by atoms with Gasteiger partial charge in [0.15, 0.2) is 11.5 Å². The summed E-state index contributed by atoms with van der Waals surface area (Å²) in [6, 6.07) is 3.69. The van der Waals surface area contributed by atoms with Crippen LogP contribution in [0, 0.1) is 12.8 Å².